The summed E-state index contributed by atoms with van der Waals surface area (Å²) in [6.45, 7) is 3.88. The van der Waals surface area contributed by atoms with Crippen LogP contribution in [0.3, 0.4) is 0 Å². The first-order valence-corrected chi connectivity index (χ1v) is 10.6. The average molecular weight is 403 g/mol. The molecule has 6 nitrogen and oxygen atoms in total. The number of para-hydroxylation sites is 1. The molecule has 3 rings (SSSR count). The van der Waals surface area contributed by atoms with Crippen LogP contribution in [-0.2, 0) is 14.9 Å². The smallest absolute Gasteiger partial charge is 0.286 e. The Morgan fingerprint density at radius 2 is 1.96 bits per heavy atom. The lowest BCUT2D eigenvalue weighted by atomic mass is 10.3. The first-order chi connectivity index (χ1) is 11.3. The number of amides is 1. The topological polar surface area (TPSA) is 77.9 Å². The summed E-state index contributed by atoms with van der Waals surface area (Å²) in [7, 11) is -4.41. The monoisotopic (exact) mass is 402 g/mol. The first-order valence-electron chi connectivity index (χ1n) is 7.06. The Morgan fingerprint density at radius 1 is 1.29 bits per heavy atom. The van der Waals surface area contributed by atoms with Gasteiger partial charge >= 0.3 is 0 Å². The van der Waals surface area contributed by atoms with Crippen LogP contribution in [0.5, 0.6) is 0 Å². The molecule has 0 saturated carbocycles. The molecule has 24 heavy (non-hydrogen) atoms. The third-order valence-electron chi connectivity index (χ3n) is 3.71. The van der Waals surface area contributed by atoms with E-state index < -0.39 is 21.4 Å². The number of carbonyl (C=O) groups is 1. The number of hydrogen-bond donors (Lipinski definition) is 1. The lowest BCUT2D eigenvalue weighted by Gasteiger charge is -2.21. The molecule has 10 heteroatoms. The van der Waals surface area contributed by atoms with Crippen molar-refractivity contribution >= 4 is 61.8 Å². The molecule has 1 unspecified atom stereocenters. The van der Waals surface area contributed by atoms with Crippen LogP contribution in [0.4, 0.5) is 5.69 Å². The van der Waals surface area contributed by atoms with Crippen molar-refractivity contribution in [3.63, 3.8) is 0 Å². The Hall–Kier alpha value is -1.07. The highest BCUT2D eigenvalue weighted by molar-refractivity contribution is 8.27. The van der Waals surface area contributed by atoms with Crippen LogP contribution >= 0.6 is 35.7 Å². The Balaban J connectivity index is 2.04. The standard InChI is InChI=1S/C14H14N2O4S4/c1-3-15-9-6-4-5-7-10(9)22-13(15)11-12(17)16(14(21)23-11)8(2)24(18,19)20/h4-8H,3H2,1-2H3,(H,18,19,20). The number of hydrogen-bond acceptors (Lipinski definition) is 7. The number of anilines is 1. The van der Waals surface area contributed by atoms with Crippen molar-refractivity contribution in [1.82, 2.24) is 4.90 Å². The molecule has 2 aliphatic heterocycles. The van der Waals surface area contributed by atoms with E-state index in [-0.39, 0.29) is 4.32 Å². The van der Waals surface area contributed by atoms with Crippen molar-refractivity contribution in [3.8, 4) is 0 Å². The van der Waals surface area contributed by atoms with Gasteiger partial charge < -0.3 is 4.90 Å². The van der Waals surface area contributed by atoms with E-state index in [9.17, 15) is 17.8 Å². The van der Waals surface area contributed by atoms with Gasteiger partial charge in [0.25, 0.3) is 16.0 Å². The van der Waals surface area contributed by atoms with Gasteiger partial charge in [0.2, 0.25) is 0 Å². The van der Waals surface area contributed by atoms with Crippen molar-refractivity contribution in [2.75, 3.05) is 11.4 Å². The maximum atomic E-state index is 12.7. The average Bonchev–Trinajstić information content (AvgIpc) is 3.02. The summed E-state index contributed by atoms with van der Waals surface area (Å²) in [6.07, 6.45) is 0. The fourth-order valence-electron chi connectivity index (χ4n) is 2.47. The summed E-state index contributed by atoms with van der Waals surface area (Å²) < 4.78 is 32.2. The molecule has 2 aliphatic rings. The molecule has 1 atom stereocenters. The van der Waals surface area contributed by atoms with Crippen LogP contribution in [0.15, 0.2) is 39.1 Å². The van der Waals surface area contributed by atoms with E-state index in [1.807, 2.05) is 36.1 Å². The van der Waals surface area contributed by atoms with Gasteiger partial charge in [0.15, 0.2) is 5.37 Å². The summed E-state index contributed by atoms with van der Waals surface area (Å²) in [4.78, 5) is 17.1. The minimum absolute atomic E-state index is 0.125. The van der Waals surface area contributed by atoms with Gasteiger partial charge in [-0.3, -0.25) is 14.2 Å². The Labute approximate surface area is 154 Å². The molecule has 2 heterocycles. The first kappa shape index (κ1) is 17.7. The zero-order valence-corrected chi connectivity index (χ0v) is 16.1. The highest BCUT2D eigenvalue weighted by Crippen LogP contribution is 2.50. The molecule has 0 spiro atoms. The number of benzene rings is 1. The van der Waals surface area contributed by atoms with Crippen LogP contribution in [-0.4, -0.2) is 40.0 Å². The lowest BCUT2D eigenvalue weighted by molar-refractivity contribution is -0.122. The summed E-state index contributed by atoms with van der Waals surface area (Å²) in [5, 5.41) is -0.673. The molecule has 128 valence electrons. The van der Waals surface area contributed by atoms with Crippen molar-refractivity contribution in [2.45, 2.75) is 24.1 Å². The zero-order valence-electron chi connectivity index (χ0n) is 12.8. The van der Waals surface area contributed by atoms with E-state index >= 15 is 0 Å². The van der Waals surface area contributed by atoms with Gasteiger partial charge in [-0.05, 0) is 26.0 Å². The molecular weight excluding hydrogens is 388 g/mol. The quantitative estimate of drug-likeness (QED) is 0.470. The third-order valence-corrected chi connectivity index (χ3v) is 7.49. The molecule has 1 amide bonds. The fraction of sp³-hybridized carbons (Fsp3) is 0.286. The summed E-state index contributed by atoms with van der Waals surface area (Å²) >= 11 is 7.69. The largest absolute Gasteiger partial charge is 0.334 e. The molecule has 1 N–H and O–H groups in total. The minimum Gasteiger partial charge on any atom is -0.334 e. The van der Waals surface area contributed by atoms with Crippen molar-refractivity contribution < 1.29 is 17.8 Å². The highest BCUT2D eigenvalue weighted by atomic mass is 32.2. The van der Waals surface area contributed by atoms with Crippen LogP contribution in [0, 0.1) is 0 Å². The summed E-state index contributed by atoms with van der Waals surface area (Å²) in [5.41, 5.74) is 1.01. The van der Waals surface area contributed by atoms with Crippen LogP contribution in [0.25, 0.3) is 0 Å². The summed E-state index contributed by atoms with van der Waals surface area (Å²) in [5.74, 6) is -0.496. The second-order valence-electron chi connectivity index (χ2n) is 5.11. The second kappa shape index (κ2) is 6.34. The SMILES string of the molecule is CCN1C(=C2SC(=S)N(C(C)S(=O)(=O)O)C2=O)Sc2ccccc21. The van der Waals surface area contributed by atoms with Gasteiger partial charge in [0.05, 0.1) is 5.69 Å². The van der Waals surface area contributed by atoms with E-state index in [2.05, 4.69) is 0 Å². The van der Waals surface area contributed by atoms with E-state index in [0.29, 0.717) is 11.4 Å². The molecule has 1 fully saturated rings. The van der Waals surface area contributed by atoms with Gasteiger partial charge in [-0.25, -0.2) is 0 Å². The molecular formula is C14H14N2O4S4. The van der Waals surface area contributed by atoms with Gasteiger partial charge in [-0.15, -0.1) is 0 Å². The molecule has 1 aromatic carbocycles. The third kappa shape index (κ3) is 2.86. The predicted octanol–water partition coefficient (Wildman–Crippen LogP) is 2.88. The fourth-order valence-corrected chi connectivity index (χ4v) is 5.87. The highest BCUT2D eigenvalue weighted by Gasteiger charge is 2.43. The molecule has 1 saturated heterocycles. The van der Waals surface area contributed by atoms with Crippen LogP contribution in [0.1, 0.15) is 13.8 Å². The maximum absolute atomic E-state index is 12.7. The van der Waals surface area contributed by atoms with Crippen molar-refractivity contribution in [3.05, 3.63) is 34.2 Å². The predicted molar refractivity (Wildman–Crippen MR) is 100 cm³/mol. The van der Waals surface area contributed by atoms with Gasteiger partial charge in [0.1, 0.15) is 14.3 Å². The zero-order chi connectivity index (χ0) is 17.6. The number of thioether (sulfide) groups is 2. The molecule has 0 bridgehead atoms. The number of thiocarbonyl (C=S) groups is 1. The number of fused-ring (bicyclic) bond motifs is 1. The number of nitrogens with zero attached hydrogens (tertiary/aromatic N) is 2. The molecule has 0 radical (unpaired) electrons. The van der Waals surface area contributed by atoms with Crippen LogP contribution < -0.4 is 4.90 Å². The van der Waals surface area contributed by atoms with Gasteiger partial charge in [-0.2, -0.15) is 8.42 Å². The van der Waals surface area contributed by atoms with Crippen molar-refractivity contribution in [1.29, 1.82) is 0 Å². The number of rotatable bonds is 3. The van der Waals surface area contributed by atoms with E-state index in [1.54, 1.807) is 0 Å². The maximum Gasteiger partial charge on any atom is 0.286 e. The Kier molecular flexibility index (Phi) is 4.69. The molecule has 0 aromatic heterocycles. The van der Waals surface area contributed by atoms with E-state index in [1.165, 1.54) is 18.7 Å². The minimum atomic E-state index is -4.41. The second-order valence-corrected chi connectivity index (χ2v) is 9.49. The van der Waals surface area contributed by atoms with Gasteiger partial charge in [0, 0.05) is 11.4 Å². The number of carbonyl (C=O) groups excluding carboxylic acids is 1. The normalized spacial score (nSPS) is 22.3. The Bertz CT molecular complexity index is 865. The summed E-state index contributed by atoms with van der Waals surface area (Å²) in [6, 6.07) is 7.79. The van der Waals surface area contributed by atoms with E-state index in [4.69, 9.17) is 12.2 Å². The molecule has 0 aliphatic carbocycles. The van der Waals surface area contributed by atoms with Crippen LogP contribution in [0.2, 0.25) is 0 Å². The molecule has 1 aromatic rings. The lowest BCUT2D eigenvalue weighted by Crippen LogP contribution is -2.41. The van der Waals surface area contributed by atoms with E-state index in [0.717, 1.165) is 32.3 Å². The Morgan fingerprint density at radius 3 is 2.58 bits per heavy atom. The van der Waals surface area contributed by atoms with Crippen molar-refractivity contribution in [2.24, 2.45) is 0 Å². The van der Waals surface area contributed by atoms with Gasteiger partial charge in [-0.1, -0.05) is 47.9 Å².